The van der Waals surface area contributed by atoms with E-state index in [1.54, 1.807) is 30.5 Å². The molecule has 2 aromatic carbocycles. The highest BCUT2D eigenvalue weighted by molar-refractivity contribution is 6.04. The van der Waals surface area contributed by atoms with Gasteiger partial charge in [0.2, 0.25) is 6.29 Å². The van der Waals surface area contributed by atoms with Crippen LogP contribution in [-0.4, -0.2) is 30.9 Å². The highest BCUT2D eigenvalue weighted by Crippen LogP contribution is 2.30. The standard InChI is InChI=1S/C26H33N3O4.ClH/c1-3-5-6-16-27-28-18-19-8-10-20(11-9-19)26(31)29-22-13-14-23-21(17-22)12-15-25(32-23)33-24(30)7-4-2;/h8-11,13-14,17-18,25,27H,3-7,12,15-16H2,1-2H3,(H,29,31);1H. The minimum absolute atomic E-state index is 0. The zero-order valence-electron chi connectivity index (χ0n) is 19.8. The summed E-state index contributed by atoms with van der Waals surface area (Å²) in [5.74, 6) is 0.259. The van der Waals surface area contributed by atoms with Crippen molar-refractivity contribution in [1.29, 1.82) is 0 Å². The Morgan fingerprint density at radius 1 is 1.12 bits per heavy atom. The molecule has 2 N–H and O–H groups in total. The maximum atomic E-state index is 12.6. The molecule has 1 aliphatic heterocycles. The van der Waals surface area contributed by atoms with E-state index >= 15 is 0 Å². The normalized spacial score (nSPS) is 14.5. The lowest BCUT2D eigenvalue weighted by Gasteiger charge is -2.26. The Labute approximate surface area is 207 Å². The van der Waals surface area contributed by atoms with E-state index in [1.165, 1.54) is 12.8 Å². The van der Waals surface area contributed by atoms with Gasteiger partial charge in [-0.15, -0.1) is 12.4 Å². The number of rotatable bonds is 11. The van der Waals surface area contributed by atoms with Gasteiger partial charge in [-0.3, -0.25) is 9.59 Å². The van der Waals surface area contributed by atoms with Gasteiger partial charge in [-0.25, -0.2) is 0 Å². The number of aryl methyl sites for hydroxylation is 1. The summed E-state index contributed by atoms with van der Waals surface area (Å²) in [4.78, 5) is 24.3. The molecule has 0 aromatic heterocycles. The number of nitrogens with one attached hydrogen (secondary N) is 2. The number of carbonyl (C=O) groups excluding carboxylic acids is 2. The third-order valence-corrected chi connectivity index (χ3v) is 5.31. The molecule has 1 aliphatic rings. The van der Waals surface area contributed by atoms with E-state index in [9.17, 15) is 9.59 Å². The second-order valence-corrected chi connectivity index (χ2v) is 8.10. The van der Waals surface area contributed by atoms with Crippen molar-refractivity contribution < 1.29 is 19.1 Å². The predicted octanol–water partition coefficient (Wildman–Crippen LogP) is 5.47. The van der Waals surface area contributed by atoms with Crippen molar-refractivity contribution in [3.8, 4) is 5.75 Å². The summed E-state index contributed by atoms with van der Waals surface area (Å²) in [5, 5.41) is 7.15. The molecule has 1 atom stereocenters. The van der Waals surface area contributed by atoms with E-state index in [0.29, 0.717) is 36.3 Å². The molecule has 3 rings (SSSR count). The average molecular weight is 488 g/mol. The van der Waals surface area contributed by atoms with Crippen LogP contribution in [-0.2, 0) is 16.0 Å². The number of unbranched alkanes of at least 4 members (excludes halogenated alkanes) is 2. The molecule has 0 saturated carbocycles. The molecule has 0 radical (unpaired) electrons. The number of esters is 1. The molecule has 7 nitrogen and oxygen atoms in total. The van der Waals surface area contributed by atoms with Crippen LogP contribution in [0.15, 0.2) is 47.6 Å². The topological polar surface area (TPSA) is 89.0 Å². The van der Waals surface area contributed by atoms with Crippen LogP contribution in [0.1, 0.15) is 73.9 Å². The molecule has 0 saturated heterocycles. The maximum absolute atomic E-state index is 12.6. The number of halogens is 1. The van der Waals surface area contributed by atoms with Crippen LogP contribution in [0.3, 0.4) is 0 Å². The van der Waals surface area contributed by atoms with Crippen molar-refractivity contribution in [2.45, 2.75) is 65.1 Å². The first kappa shape index (κ1) is 27.2. The summed E-state index contributed by atoms with van der Waals surface area (Å²) < 4.78 is 11.1. The summed E-state index contributed by atoms with van der Waals surface area (Å²) in [6.45, 7) is 4.97. The molecule has 0 aliphatic carbocycles. The number of amides is 1. The molecule has 184 valence electrons. The summed E-state index contributed by atoms with van der Waals surface area (Å²) in [5.41, 5.74) is 6.21. The van der Waals surface area contributed by atoms with Gasteiger partial charge in [0.05, 0.1) is 6.21 Å². The lowest BCUT2D eigenvalue weighted by molar-refractivity contribution is -0.165. The van der Waals surface area contributed by atoms with Crippen molar-refractivity contribution in [3.63, 3.8) is 0 Å². The van der Waals surface area contributed by atoms with E-state index in [-0.39, 0.29) is 24.3 Å². The number of anilines is 1. The summed E-state index contributed by atoms with van der Waals surface area (Å²) in [6.07, 6.45) is 7.13. The van der Waals surface area contributed by atoms with Gasteiger partial charge < -0.3 is 20.2 Å². The number of hydrogen-bond donors (Lipinski definition) is 2. The largest absolute Gasteiger partial charge is 0.454 e. The van der Waals surface area contributed by atoms with Crippen LogP contribution >= 0.6 is 12.4 Å². The molecule has 1 unspecified atom stereocenters. The first-order valence-electron chi connectivity index (χ1n) is 11.8. The minimum atomic E-state index is -0.550. The summed E-state index contributed by atoms with van der Waals surface area (Å²) in [7, 11) is 0. The fourth-order valence-corrected chi connectivity index (χ4v) is 3.50. The molecule has 34 heavy (non-hydrogen) atoms. The zero-order chi connectivity index (χ0) is 23.5. The van der Waals surface area contributed by atoms with Crippen molar-refractivity contribution in [1.82, 2.24) is 5.43 Å². The number of hydrazone groups is 1. The number of carbonyl (C=O) groups is 2. The van der Waals surface area contributed by atoms with Gasteiger partial charge in [-0.1, -0.05) is 38.8 Å². The monoisotopic (exact) mass is 487 g/mol. The first-order chi connectivity index (χ1) is 16.1. The fraction of sp³-hybridized carbons (Fsp3) is 0.423. The first-order valence-corrected chi connectivity index (χ1v) is 11.8. The SMILES string of the molecule is CCCCCNN=Cc1ccc(C(=O)Nc2ccc3c(c2)CCC(OC(=O)CCC)O3)cc1.Cl. The molecule has 1 heterocycles. The molecule has 0 spiro atoms. The average Bonchev–Trinajstić information content (AvgIpc) is 2.82. The van der Waals surface area contributed by atoms with Gasteiger partial charge in [0.15, 0.2) is 0 Å². The van der Waals surface area contributed by atoms with Crippen molar-refractivity contribution in [2.24, 2.45) is 5.10 Å². The molecule has 0 fully saturated rings. The van der Waals surface area contributed by atoms with Gasteiger partial charge in [0.1, 0.15) is 5.75 Å². The van der Waals surface area contributed by atoms with Crippen LogP contribution < -0.4 is 15.5 Å². The number of ether oxygens (including phenoxy) is 2. The highest BCUT2D eigenvalue weighted by Gasteiger charge is 2.23. The van der Waals surface area contributed by atoms with Crippen molar-refractivity contribution >= 4 is 36.2 Å². The van der Waals surface area contributed by atoms with Gasteiger partial charge in [-0.05, 0) is 60.7 Å². The number of fused-ring (bicyclic) bond motifs is 1. The van der Waals surface area contributed by atoms with E-state index in [1.807, 2.05) is 25.1 Å². The van der Waals surface area contributed by atoms with E-state index in [0.717, 1.165) is 30.5 Å². The lowest BCUT2D eigenvalue weighted by Crippen LogP contribution is -2.28. The van der Waals surface area contributed by atoms with Gasteiger partial charge in [0, 0.05) is 30.6 Å². The highest BCUT2D eigenvalue weighted by atomic mass is 35.5. The van der Waals surface area contributed by atoms with E-state index in [2.05, 4.69) is 22.8 Å². The molecule has 8 heteroatoms. The fourth-order valence-electron chi connectivity index (χ4n) is 3.50. The Hall–Kier alpha value is -3.06. The third kappa shape index (κ3) is 8.37. The molecule has 1 amide bonds. The second kappa shape index (κ2) is 14.3. The Morgan fingerprint density at radius 2 is 1.91 bits per heavy atom. The molecular weight excluding hydrogens is 454 g/mol. The summed E-state index contributed by atoms with van der Waals surface area (Å²) in [6, 6.07) is 12.8. The Morgan fingerprint density at radius 3 is 2.65 bits per heavy atom. The minimum Gasteiger partial charge on any atom is -0.454 e. The van der Waals surface area contributed by atoms with E-state index < -0.39 is 6.29 Å². The Kier molecular flexibility index (Phi) is 11.4. The maximum Gasteiger partial charge on any atom is 0.308 e. The van der Waals surface area contributed by atoms with Crippen LogP contribution in [0.2, 0.25) is 0 Å². The van der Waals surface area contributed by atoms with Crippen molar-refractivity contribution in [2.75, 3.05) is 11.9 Å². The van der Waals surface area contributed by atoms with Crippen molar-refractivity contribution in [3.05, 3.63) is 59.2 Å². The van der Waals surface area contributed by atoms with Crippen LogP contribution in [0.5, 0.6) is 5.75 Å². The zero-order valence-corrected chi connectivity index (χ0v) is 20.7. The summed E-state index contributed by atoms with van der Waals surface area (Å²) >= 11 is 0. The predicted molar refractivity (Wildman–Crippen MR) is 137 cm³/mol. The van der Waals surface area contributed by atoms with Gasteiger partial charge in [0.25, 0.3) is 5.91 Å². The molecule has 2 aromatic rings. The molecular formula is C26H34ClN3O4. The van der Waals surface area contributed by atoms with Crippen LogP contribution in [0, 0.1) is 0 Å². The second-order valence-electron chi connectivity index (χ2n) is 8.10. The quantitative estimate of drug-likeness (QED) is 0.190. The smallest absolute Gasteiger partial charge is 0.308 e. The van der Waals surface area contributed by atoms with Gasteiger partial charge >= 0.3 is 5.97 Å². The Bertz CT molecular complexity index is 963. The van der Waals surface area contributed by atoms with Crippen LogP contribution in [0.25, 0.3) is 0 Å². The third-order valence-electron chi connectivity index (χ3n) is 5.31. The number of hydrogen-bond acceptors (Lipinski definition) is 6. The number of nitrogens with zero attached hydrogens (tertiary/aromatic N) is 1. The molecule has 0 bridgehead atoms. The van der Waals surface area contributed by atoms with Gasteiger partial charge in [-0.2, -0.15) is 5.10 Å². The number of benzene rings is 2. The van der Waals surface area contributed by atoms with Crippen LogP contribution in [0.4, 0.5) is 5.69 Å². The Balaban J connectivity index is 0.00000408. The lowest BCUT2D eigenvalue weighted by atomic mass is 10.0. The van der Waals surface area contributed by atoms with E-state index in [4.69, 9.17) is 9.47 Å².